The van der Waals surface area contributed by atoms with Crippen LogP contribution in [0.5, 0.6) is 0 Å². The molecule has 2 aromatic rings. The molecule has 0 saturated heterocycles. The molecule has 2 aromatic carbocycles. The lowest BCUT2D eigenvalue weighted by Crippen LogP contribution is -1.99. The van der Waals surface area contributed by atoms with Crippen LogP contribution in [-0.4, -0.2) is 13.0 Å². The zero-order valence-corrected chi connectivity index (χ0v) is 16.0. The molecule has 0 aliphatic carbocycles. The number of hydrogen-bond acceptors (Lipinski definition) is 2. The molecule has 4 heteroatoms. The van der Waals surface area contributed by atoms with Gasteiger partial charge in [0.25, 0.3) is 10.1 Å². The van der Waals surface area contributed by atoms with Gasteiger partial charge in [0, 0.05) is 5.39 Å². The Balaban J connectivity index is 1.88. The van der Waals surface area contributed by atoms with Crippen molar-refractivity contribution in [1.29, 1.82) is 0 Å². The Hall–Kier alpha value is -1.39. The van der Waals surface area contributed by atoms with Crippen molar-refractivity contribution in [1.82, 2.24) is 0 Å². The van der Waals surface area contributed by atoms with Crippen molar-refractivity contribution in [2.75, 3.05) is 0 Å². The van der Waals surface area contributed by atoms with Gasteiger partial charge in [-0.25, -0.2) is 0 Å². The molecule has 0 fully saturated rings. The van der Waals surface area contributed by atoms with Crippen molar-refractivity contribution >= 4 is 20.9 Å². The summed E-state index contributed by atoms with van der Waals surface area (Å²) in [7, 11) is -4.19. The topological polar surface area (TPSA) is 54.4 Å². The summed E-state index contributed by atoms with van der Waals surface area (Å²) in [6, 6.07) is 10.8. The van der Waals surface area contributed by atoms with E-state index < -0.39 is 10.1 Å². The highest BCUT2D eigenvalue weighted by atomic mass is 32.2. The van der Waals surface area contributed by atoms with Gasteiger partial charge in [0.15, 0.2) is 0 Å². The lowest BCUT2D eigenvalue weighted by molar-refractivity contribution is 0.484. The zero-order chi connectivity index (χ0) is 18.1. The van der Waals surface area contributed by atoms with Crippen LogP contribution in [0.2, 0.25) is 0 Å². The number of fused-ring (bicyclic) bond motifs is 1. The van der Waals surface area contributed by atoms with E-state index in [0.29, 0.717) is 5.39 Å². The van der Waals surface area contributed by atoms with Crippen molar-refractivity contribution in [2.45, 2.75) is 76.0 Å². The van der Waals surface area contributed by atoms with E-state index in [1.54, 1.807) is 12.1 Å². The van der Waals surface area contributed by atoms with E-state index in [0.717, 1.165) is 23.8 Å². The highest BCUT2D eigenvalue weighted by molar-refractivity contribution is 7.86. The van der Waals surface area contributed by atoms with Gasteiger partial charge in [-0.2, -0.15) is 8.42 Å². The van der Waals surface area contributed by atoms with Gasteiger partial charge in [0.2, 0.25) is 0 Å². The summed E-state index contributed by atoms with van der Waals surface area (Å²) in [6.07, 6.45) is 12.6. The molecule has 3 nitrogen and oxygen atoms in total. The second kappa shape index (κ2) is 9.93. The van der Waals surface area contributed by atoms with Crippen molar-refractivity contribution in [3.63, 3.8) is 0 Å². The average Bonchev–Trinajstić information content (AvgIpc) is 2.59. The Morgan fingerprint density at radius 1 is 0.760 bits per heavy atom. The second-order valence-corrected chi connectivity index (χ2v) is 8.21. The summed E-state index contributed by atoms with van der Waals surface area (Å²) in [6.45, 7) is 2.24. The number of benzene rings is 2. The summed E-state index contributed by atoms with van der Waals surface area (Å²) in [5, 5.41) is 1.54. The maximum atomic E-state index is 11.5. The van der Waals surface area contributed by atoms with Gasteiger partial charge in [-0.05, 0) is 29.9 Å². The Morgan fingerprint density at radius 2 is 1.32 bits per heavy atom. The van der Waals surface area contributed by atoms with Crippen LogP contribution >= 0.6 is 0 Å². The smallest absolute Gasteiger partial charge is 0.282 e. The molecule has 0 unspecified atom stereocenters. The van der Waals surface area contributed by atoms with Crippen LogP contribution in [0.4, 0.5) is 0 Å². The predicted octanol–water partition coefficient (Wildman–Crippen LogP) is 6.16. The number of unbranched alkanes of at least 4 members (excludes halogenated alkanes) is 8. The highest BCUT2D eigenvalue weighted by Crippen LogP contribution is 2.26. The minimum absolute atomic E-state index is 0.000991. The first-order valence-electron chi connectivity index (χ1n) is 9.52. The van der Waals surface area contributed by atoms with Gasteiger partial charge < -0.3 is 0 Å². The normalized spacial score (nSPS) is 11.9. The lowest BCUT2D eigenvalue weighted by atomic mass is 9.99. The van der Waals surface area contributed by atoms with Crippen LogP contribution in [0.3, 0.4) is 0 Å². The van der Waals surface area contributed by atoms with Gasteiger partial charge in [0.1, 0.15) is 4.90 Å². The van der Waals surface area contributed by atoms with Crippen LogP contribution < -0.4 is 0 Å². The molecule has 25 heavy (non-hydrogen) atoms. The lowest BCUT2D eigenvalue weighted by Gasteiger charge is -2.09. The summed E-state index contributed by atoms with van der Waals surface area (Å²) >= 11 is 0. The Kier molecular flexibility index (Phi) is 7.91. The molecule has 0 aromatic heterocycles. The monoisotopic (exact) mass is 362 g/mol. The summed E-state index contributed by atoms with van der Waals surface area (Å²) < 4.78 is 32.5. The fourth-order valence-electron chi connectivity index (χ4n) is 3.42. The van der Waals surface area contributed by atoms with E-state index in [1.165, 1.54) is 57.4 Å². The molecule has 0 aliphatic heterocycles. The van der Waals surface area contributed by atoms with E-state index in [-0.39, 0.29) is 4.90 Å². The zero-order valence-electron chi connectivity index (χ0n) is 15.2. The van der Waals surface area contributed by atoms with Crippen LogP contribution in [0.1, 0.15) is 70.3 Å². The van der Waals surface area contributed by atoms with Gasteiger partial charge in [-0.1, -0.05) is 88.6 Å². The van der Waals surface area contributed by atoms with E-state index in [4.69, 9.17) is 0 Å². The molecule has 0 heterocycles. The van der Waals surface area contributed by atoms with E-state index in [9.17, 15) is 13.0 Å². The third-order valence-corrected chi connectivity index (χ3v) is 5.71. The van der Waals surface area contributed by atoms with Gasteiger partial charge in [0.05, 0.1) is 0 Å². The molecule has 0 saturated carbocycles. The third kappa shape index (κ3) is 6.12. The quantitative estimate of drug-likeness (QED) is 0.385. The second-order valence-electron chi connectivity index (χ2n) is 6.82. The number of hydrogen-bond donors (Lipinski definition) is 1. The minimum atomic E-state index is -4.19. The van der Waals surface area contributed by atoms with E-state index in [1.807, 2.05) is 12.1 Å². The maximum absolute atomic E-state index is 11.5. The SMILES string of the molecule is CCCCCCCCCCCc1cccc2c(S(=O)(=O)O)cccc12. The van der Waals surface area contributed by atoms with Crippen molar-refractivity contribution in [3.8, 4) is 0 Å². The average molecular weight is 363 g/mol. The molecule has 0 amide bonds. The van der Waals surface area contributed by atoms with Crippen molar-refractivity contribution in [2.24, 2.45) is 0 Å². The predicted molar refractivity (Wildman–Crippen MR) is 105 cm³/mol. The summed E-state index contributed by atoms with van der Waals surface area (Å²) in [5.74, 6) is 0. The van der Waals surface area contributed by atoms with Crippen LogP contribution in [-0.2, 0) is 16.5 Å². The molecule has 1 N–H and O–H groups in total. The van der Waals surface area contributed by atoms with Gasteiger partial charge in [-0.3, -0.25) is 4.55 Å². The van der Waals surface area contributed by atoms with E-state index in [2.05, 4.69) is 13.0 Å². The first kappa shape index (κ1) is 19.9. The number of rotatable bonds is 11. The molecule has 0 aliphatic rings. The molecule has 0 radical (unpaired) electrons. The summed E-state index contributed by atoms with van der Waals surface area (Å²) in [4.78, 5) is -0.000991. The van der Waals surface area contributed by atoms with Crippen molar-refractivity contribution < 1.29 is 13.0 Å². The molecule has 0 spiro atoms. The fourth-order valence-corrected chi connectivity index (χ4v) is 4.12. The molecule has 0 bridgehead atoms. The maximum Gasteiger partial charge on any atom is 0.295 e. The molecule has 138 valence electrons. The Bertz CT molecular complexity index is 766. The van der Waals surface area contributed by atoms with E-state index >= 15 is 0 Å². The van der Waals surface area contributed by atoms with Crippen LogP contribution in [0.25, 0.3) is 10.8 Å². The first-order chi connectivity index (χ1) is 12.0. The molecule has 0 atom stereocenters. The Morgan fingerprint density at radius 3 is 1.96 bits per heavy atom. The fraction of sp³-hybridized carbons (Fsp3) is 0.524. The largest absolute Gasteiger partial charge is 0.295 e. The molecule has 2 rings (SSSR count). The molecular formula is C21H30O3S. The Labute approximate surface area is 152 Å². The standard InChI is InChI=1S/C21H30O3S/c1-2-3-4-5-6-7-8-9-10-13-18-14-11-16-20-19(18)15-12-17-21(20)25(22,23)24/h11-12,14-17H,2-10,13H2,1H3,(H,22,23,24). The molecular weight excluding hydrogens is 332 g/mol. The van der Waals surface area contributed by atoms with Crippen LogP contribution in [0.15, 0.2) is 41.3 Å². The first-order valence-corrected chi connectivity index (χ1v) is 11.0. The third-order valence-electron chi connectivity index (χ3n) is 4.80. The van der Waals surface area contributed by atoms with Gasteiger partial charge >= 0.3 is 0 Å². The van der Waals surface area contributed by atoms with Crippen molar-refractivity contribution in [3.05, 3.63) is 42.0 Å². The minimum Gasteiger partial charge on any atom is -0.282 e. The summed E-state index contributed by atoms with van der Waals surface area (Å²) in [5.41, 5.74) is 1.16. The number of aryl methyl sites for hydroxylation is 1. The van der Waals surface area contributed by atoms with Gasteiger partial charge in [-0.15, -0.1) is 0 Å². The highest BCUT2D eigenvalue weighted by Gasteiger charge is 2.14. The van der Waals surface area contributed by atoms with Crippen LogP contribution in [0, 0.1) is 0 Å².